The smallest absolute Gasteiger partial charge is 0.255 e. The summed E-state index contributed by atoms with van der Waals surface area (Å²) in [5, 5.41) is 3.68. The largest absolute Gasteiger partial charge is 0.493 e. The van der Waals surface area contributed by atoms with Gasteiger partial charge in [-0.25, -0.2) is 4.99 Å². The van der Waals surface area contributed by atoms with E-state index in [0.717, 1.165) is 35.4 Å². The highest BCUT2D eigenvalue weighted by Crippen LogP contribution is 2.43. The molecule has 0 saturated carbocycles. The van der Waals surface area contributed by atoms with E-state index in [1.807, 2.05) is 46.0 Å². The fraction of sp³-hybridized carbons (Fsp3) is 0.682. The van der Waals surface area contributed by atoms with Crippen molar-refractivity contribution in [1.29, 1.82) is 0 Å². The lowest BCUT2D eigenvalue weighted by molar-refractivity contribution is -0.264. The van der Waals surface area contributed by atoms with Crippen molar-refractivity contribution in [3.05, 3.63) is 18.2 Å². The Kier molecular flexibility index (Phi) is 6.36. The molecule has 7 nitrogen and oxygen atoms in total. The van der Waals surface area contributed by atoms with E-state index in [0.29, 0.717) is 19.8 Å². The summed E-state index contributed by atoms with van der Waals surface area (Å²) in [6.07, 6.45) is 3.81. The molecule has 8 heteroatoms. The first kappa shape index (κ1) is 21.6. The third-order valence-corrected chi connectivity index (χ3v) is 6.63. The summed E-state index contributed by atoms with van der Waals surface area (Å²) >= 11 is 1.69. The molecule has 1 atom stereocenters. The van der Waals surface area contributed by atoms with Crippen LogP contribution in [-0.4, -0.2) is 60.9 Å². The molecule has 3 heterocycles. The standard InChI is InChI=1S/C22H33N3O4S/c1-21(2)27-14-16(15-28-21)13-26-17-8-9-18(23-4)19(12-17)29-22(3)24-20(30-22)25-10-6-5-7-11-25/h8-9,12,16,23H,5-7,10-11,13-15H2,1-4H3. The van der Waals surface area contributed by atoms with E-state index in [2.05, 4.69) is 10.2 Å². The molecule has 166 valence electrons. The van der Waals surface area contributed by atoms with Crippen LogP contribution in [0.4, 0.5) is 5.69 Å². The molecule has 0 aromatic heterocycles. The molecule has 1 aromatic rings. The Morgan fingerprint density at radius 2 is 1.87 bits per heavy atom. The number of nitrogens with one attached hydrogen (secondary N) is 1. The third kappa shape index (κ3) is 5.15. The van der Waals surface area contributed by atoms with Crippen LogP contribution in [0, 0.1) is 5.92 Å². The van der Waals surface area contributed by atoms with Crippen molar-refractivity contribution in [2.75, 3.05) is 45.3 Å². The summed E-state index contributed by atoms with van der Waals surface area (Å²) in [5.41, 5.74) is 0.914. The molecule has 2 fully saturated rings. The number of hydrogen-bond acceptors (Lipinski definition) is 8. The van der Waals surface area contributed by atoms with Crippen LogP contribution in [0.1, 0.15) is 40.0 Å². The summed E-state index contributed by atoms with van der Waals surface area (Å²) < 4.78 is 23.7. The molecular weight excluding hydrogens is 402 g/mol. The Morgan fingerprint density at radius 1 is 1.17 bits per heavy atom. The topological polar surface area (TPSA) is 64.5 Å². The molecule has 0 bridgehead atoms. The molecule has 30 heavy (non-hydrogen) atoms. The number of likely N-dealkylation sites (tertiary alicyclic amines) is 1. The van der Waals surface area contributed by atoms with E-state index in [4.69, 9.17) is 23.9 Å². The van der Waals surface area contributed by atoms with Gasteiger partial charge in [0.25, 0.3) is 5.06 Å². The maximum atomic E-state index is 6.30. The number of amidine groups is 1. The number of hydrogen-bond donors (Lipinski definition) is 1. The summed E-state index contributed by atoms with van der Waals surface area (Å²) in [6, 6.07) is 5.86. The van der Waals surface area contributed by atoms with Crippen molar-refractivity contribution >= 4 is 22.6 Å². The van der Waals surface area contributed by atoms with Crippen molar-refractivity contribution < 1.29 is 18.9 Å². The maximum absolute atomic E-state index is 6.30. The number of anilines is 1. The zero-order chi connectivity index (χ0) is 21.2. The quantitative estimate of drug-likeness (QED) is 0.720. The van der Waals surface area contributed by atoms with Crippen molar-refractivity contribution in [3.63, 3.8) is 0 Å². The fourth-order valence-corrected chi connectivity index (χ4v) is 4.74. The molecule has 0 amide bonds. The van der Waals surface area contributed by atoms with Crippen molar-refractivity contribution in [2.24, 2.45) is 10.9 Å². The number of ether oxygens (including phenoxy) is 4. The van der Waals surface area contributed by atoms with Gasteiger partial charge in [0, 0.05) is 39.0 Å². The average Bonchev–Trinajstić information content (AvgIpc) is 2.72. The normalized spacial score (nSPS) is 26.5. The minimum absolute atomic E-state index is 0.211. The number of benzene rings is 1. The molecule has 1 aromatic carbocycles. The minimum atomic E-state index is -0.604. The zero-order valence-electron chi connectivity index (χ0n) is 18.4. The van der Waals surface area contributed by atoms with Gasteiger partial charge in [-0.2, -0.15) is 0 Å². The van der Waals surface area contributed by atoms with Crippen LogP contribution in [0.3, 0.4) is 0 Å². The van der Waals surface area contributed by atoms with Gasteiger partial charge in [-0.1, -0.05) is 0 Å². The average molecular weight is 436 g/mol. The second-order valence-corrected chi connectivity index (χ2v) is 9.98. The van der Waals surface area contributed by atoms with E-state index in [9.17, 15) is 0 Å². The number of thioether (sulfide) groups is 1. The van der Waals surface area contributed by atoms with Gasteiger partial charge < -0.3 is 29.2 Å². The summed E-state index contributed by atoms with van der Waals surface area (Å²) in [7, 11) is 1.89. The van der Waals surface area contributed by atoms with Gasteiger partial charge in [0.1, 0.15) is 11.5 Å². The summed E-state index contributed by atoms with van der Waals surface area (Å²) in [6.45, 7) is 9.87. The fourth-order valence-electron chi connectivity index (χ4n) is 3.74. The predicted molar refractivity (Wildman–Crippen MR) is 120 cm³/mol. The van der Waals surface area contributed by atoms with E-state index >= 15 is 0 Å². The van der Waals surface area contributed by atoms with Crippen molar-refractivity contribution in [3.8, 4) is 11.5 Å². The highest BCUT2D eigenvalue weighted by Gasteiger charge is 2.41. The van der Waals surface area contributed by atoms with E-state index in [1.165, 1.54) is 19.3 Å². The second-order valence-electron chi connectivity index (χ2n) is 8.65. The molecule has 0 aliphatic carbocycles. The number of rotatable bonds is 6. The zero-order valence-corrected chi connectivity index (χ0v) is 19.2. The van der Waals surface area contributed by atoms with Gasteiger partial charge in [-0.3, -0.25) is 0 Å². The molecule has 0 spiro atoms. The van der Waals surface area contributed by atoms with Gasteiger partial charge in [-0.05, 0) is 57.0 Å². The lowest BCUT2D eigenvalue weighted by Crippen LogP contribution is -2.46. The first-order valence-electron chi connectivity index (χ1n) is 10.8. The molecule has 3 aliphatic heterocycles. The van der Waals surface area contributed by atoms with Gasteiger partial charge in [0.15, 0.2) is 11.0 Å². The second kappa shape index (κ2) is 8.85. The first-order chi connectivity index (χ1) is 14.4. The lowest BCUT2D eigenvalue weighted by atomic mass is 10.1. The van der Waals surface area contributed by atoms with Crippen LogP contribution >= 0.6 is 11.8 Å². The number of aliphatic imine (C=N–C) groups is 1. The van der Waals surface area contributed by atoms with Gasteiger partial charge in [-0.15, -0.1) is 0 Å². The summed E-state index contributed by atoms with van der Waals surface area (Å²) in [4.78, 5) is 7.16. The van der Waals surface area contributed by atoms with E-state index in [1.54, 1.807) is 11.8 Å². The SMILES string of the molecule is CNc1ccc(OCC2COC(C)(C)OC2)cc1OC1(C)N=C(N2CCCCC2)S1. The highest BCUT2D eigenvalue weighted by atomic mass is 32.2. The highest BCUT2D eigenvalue weighted by molar-refractivity contribution is 8.16. The minimum Gasteiger partial charge on any atom is -0.493 e. The molecule has 2 saturated heterocycles. The van der Waals surface area contributed by atoms with Crippen molar-refractivity contribution in [2.45, 2.75) is 50.9 Å². The van der Waals surface area contributed by atoms with Crippen LogP contribution in [0.2, 0.25) is 0 Å². The molecule has 4 rings (SSSR count). The van der Waals surface area contributed by atoms with Crippen LogP contribution in [-0.2, 0) is 9.47 Å². The summed E-state index contributed by atoms with van der Waals surface area (Å²) in [5.74, 6) is 1.21. The van der Waals surface area contributed by atoms with Crippen LogP contribution in [0.5, 0.6) is 11.5 Å². The van der Waals surface area contributed by atoms with Crippen LogP contribution in [0.15, 0.2) is 23.2 Å². The number of piperidine rings is 1. The Balaban J connectivity index is 1.36. The van der Waals surface area contributed by atoms with E-state index in [-0.39, 0.29) is 5.92 Å². The van der Waals surface area contributed by atoms with Gasteiger partial charge in [0.2, 0.25) is 0 Å². The van der Waals surface area contributed by atoms with Gasteiger partial charge in [0.05, 0.1) is 25.5 Å². The number of nitrogens with zero attached hydrogens (tertiary/aromatic N) is 2. The van der Waals surface area contributed by atoms with Crippen LogP contribution in [0.25, 0.3) is 0 Å². The molecule has 3 aliphatic rings. The maximum Gasteiger partial charge on any atom is 0.255 e. The van der Waals surface area contributed by atoms with Crippen molar-refractivity contribution in [1.82, 2.24) is 4.90 Å². The molecule has 0 radical (unpaired) electrons. The third-order valence-electron chi connectivity index (χ3n) is 5.55. The molecule has 1 N–H and O–H groups in total. The van der Waals surface area contributed by atoms with Gasteiger partial charge >= 0.3 is 0 Å². The Morgan fingerprint density at radius 3 is 2.53 bits per heavy atom. The first-order valence-corrected chi connectivity index (χ1v) is 11.6. The monoisotopic (exact) mass is 435 g/mol. The Labute approximate surface area is 183 Å². The Bertz CT molecular complexity index is 772. The molecular formula is C22H33N3O4S. The Hall–Kier alpha value is -1.64. The van der Waals surface area contributed by atoms with E-state index < -0.39 is 10.8 Å². The van der Waals surface area contributed by atoms with Crippen LogP contribution < -0.4 is 14.8 Å². The lowest BCUT2D eigenvalue weighted by Gasteiger charge is -2.40. The molecule has 1 unspecified atom stereocenters. The predicted octanol–water partition coefficient (Wildman–Crippen LogP) is 4.15.